The van der Waals surface area contributed by atoms with E-state index in [0.717, 1.165) is 40.9 Å². The molecular weight excluding hydrogens is 334 g/mol. The Bertz CT molecular complexity index is 726. The van der Waals surface area contributed by atoms with E-state index in [1.807, 2.05) is 44.3 Å². The van der Waals surface area contributed by atoms with Crippen LogP contribution in [0, 0.1) is 6.92 Å². The summed E-state index contributed by atoms with van der Waals surface area (Å²) in [6.07, 6.45) is 2.69. The summed E-state index contributed by atoms with van der Waals surface area (Å²) in [6.45, 7) is 6.20. The van der Waals surface area contributed by atoms with Crippen LogP contribution in [0.5, 0.6) is 0 Å². The molecule has 0 radical (unpaired) electrons. The van der Waals surface area contributed by atoms with E-state index in [4.69, 9.17) is 0 Å². The van der Waals surface area contributed by atoms with Gasteiger partial charge in [0.1, 0.15) is 0 Å². The van der Waals surface area contributed by atoms with Crippen LogP contribution in [0.25, 0.3) is 0 Å². The summed E-state index contributed by atoms with van der Waals surface area (Å²) in [6, 6.07) is 7.67. The average molecular weight is 359 g/mol. The van der Waals surface area contributed by atoms with Crippen LogP contribution in [0.3, 0.4) is 0 Å². The fraction of sp³-hybridized carbons (Fsp3) is 0.389. The Morgan fingerprint density at radius 2 is 2.16 bits per heavy atom. The highest BCUT2D eigenvalue weighted by Gasteiger charge is 2.04. The molecular formula is C18H25N5OS. The quantitative estimate of drug-likeness (QED) is 0.523. The van der Waals surface area contributed by atoms with Gasteiger partial charge in [0.05, 0.1) is 11.6 Å². The summed E-state index contributed by atoms with van der Waals surface area (Å²) in [4.78, 5) is 21.7. The van der Waals surface area contributed by atoms with Gasteiger partial charge in [-0.15, -0.1) is 11.3 Å². The lowest BCUT2D eigenvalue weighted by Gasteiger charge is -2.11. The van der Waals surface area contributed by atoms with Gasteiger partial charge in [-0.3, -0.25) is 4.79 Å². The minimum absolute atomic E-state index is 0.0652. The zero-order valence-electron chi connectivity index (χ0n) is 14.9. The van der Waals surface area contributed by atoms with Crippen LogP contribution < -0.4 is 16.0 Å². The largest absolute Gasteiger partial charge is 0.357 e. The second-order valence-electron chi connectivity index (χ2n) is 5.50. The van der Waals surface area contributed by atoms with Gasteiger partial charge in [-0.05, 0) is 38.0 Å². The van der Waals surface area contributed by atoms with E-state index < -0.39 is 0 Å². The number of hydrogen-bond donors (Lipinski definition) is 3. The first-order valence-electron chi connectivity index (χ1n) is 8.37. The smallest absolute Gasteiger partial charge is 0.251 e. The third-order valence-corrected chi connectivity index (χ3v) is 4.43. The van der Waals surface area contributed by atoms with Crippen LogP contribution >= 0.6 is 11.3 Å². The van der Waals surface area contributed by atoms with E-state index in [1.165, 1.54) is 0 Å². The van der Waals surface area contributed by atoms with Gasteiger partial charge in [-0.25, -0.2) is 9.98 Å². The van der Waals surface area contributed by atoms with Crippen molar-refractivity contribution < 1.29 is 4.79 Å². The molecule has 1 aromatic heterocycles. The maximum atomic E-state index is 11.7. The summed E-state index contributed by atoms with van der Waals surface area (Å²) >= 11 is 1.66. The highest BCUT2D eigenvalue weighted by atomic mass is 32.1. The fourth-order valence-electron chi connectivity index (χ4n) is 2.31. The second kappa shape index (κ2) is 9.78. The number of nitrogens with one attached hydrogen (secondary N) is 3. The SMILES string of the molecule is CCNC(=NCc1cnc(C)s1)NCCc1cccc(C(=O)NC)c1. The zero-order chi connectivity index (χ0) is 18.1. The predicted octanol–water partition coefficient (Wildman–Crippen LogP) is 2.11. The molecule has 0 fully saturated rings. The number of carbonyl (C=O) groups is 1. The lowest BCUT2D eigenvalue weighted by Crippen LogP contribution is -2.38. The van der Waals surface area contributed by atoms with Gasteiger partial charge in [-0.2, -0.15) is 0 Å². The van der Waals surface area contributed by atoms with Crippen LogP contribution in [0.2, 0.25) is 0 Å². The van der Waals surface area contributed by atoms with Gasteiger partial charge in [0.25, 0.3) is 5.91 Å². The van der Waals surface area contributed by atoms with Gasteiger partial charge < -0.3 is 16.0 Å². The van der Waals surface area contributed by atoms with Crippen LogP contribution in [0.4, 0.5) is 0 Å². The first-order chi connectivity index (χ1) is 12.1. The first-order valence-corrected chi connectivity index (χ1v) is 9.18. The summed E-state index contributed by atoms with van der Waals surface area (Å²) in [5.74, 6) is 0.723. The number of aromatic nitrogens is 1. The van der Waals surface area contributed by atoms with Crippen molar-refractivity contribution >= 4 is 23.2 Å². The van der Waals surface area contributed by atoms with E-state index >= 15 is 0 Å². The third kappa shape index (κ3) is 6.19. The molecule has 0 saturated carbocycles. The standard InChI is InChI=1S/C18H25N5OS/c1-4-20-18(23-12-16-11-22-13(2)25-16)21-9-8-14-6-5-7-15(10-14)17(24)19-3/h5-7,10-11H,4,8-9,12H2,1-3H3,(H,19,24)(H2,20,21,23). The summed E-state index contributed by atoms with van der Waals surface area (Å²) < 4.78 is 0. The van der Waals surface area contributed by atoms with Gasteiger partial charge in [0.15, 0.2) is 5.96 Å². The monoisotopic (exact) mass is 359 g/mol. The number of guanidine groups is 1. The van der Waals surface area contributed by atoms with Gasteiger partial charge >= 0.3 is 0 Å². The highest BCUT2D eigenvalue weighted by molar-refractivity contribution is 7.11. The van der Waals surface area contributed by atoms with Crippen molar-refractivity contribution in [1.82, 2.24) is 20.9 Å². The van der Waals surface area contributed by atoms with Crippen molar-refractivity contribution in [3.05, 3.63) is 51.5 Å². The molecule has 0 spiro atoms. The summed E-state index contributed by atoms with van der Waals surface area (Å²) in [5.41, 5.74) is 1.80. The van der Waals surface area contributed by atoms with E-state index in [1.54, 1.807) is 18.4 Å². The van der Waals surface area contributed by atoms with Crippen LogP contribution in [-0.4, -0.2) is 37.0 Å². The number of benzene rings is 1. The van der Waals surface area contributed by atoms with Gasteiger partial charge in [0, 0.05) is 36.8 Å². The van der Waals surface area contributed by atoms with E-state index in [-0.39, 0.29) is 5.91 Å². The Morgan fingerprint density at radius 3 is 2.84 bits per heavy atom. The van der Waals surface area contributed by atoms with Crippen molar-refractivity contribution in [2.75, 3.05) is 20.1 Å². The zero-order valence-corrected chi connectivity index (χ0v) is 15.7. The molecule has 25 heavy (non-hydrogen) atoms. The van der Waals surface area contributed by atoms with Crippen molar-refractivity contribution in [3.8, 4) is 0 Å². The maximum absolute atomic E-state index is 11.7. The van der Waals surface area contributed by atoms with E-state index in [9.17, 15) is 4.79 Å². The predicted molar refractivity (Wildman–Crippen MR) is 103 cm³/mol. The Hall–Kier alpha value is -2.41. The fourth-order valence-corrected chi connectivity index (χ4v) is 3.03. The molecule has 0 aliphatic carbocycles. The van der Waals surface area contributed by atoms with Gasteiger partial charge in [0.2, 0.25) is 0 Å². The molecule has 6 nitrogen and oxygen atoms in total. The molecule has 1 amide bonds. The lowest BCUT2D eigenvalue weighted by molar-refractivity contribution is 0.0963. The Labute approximate surface area is 152 Å². The Morgan fingerprint density at radius 1 is 1.32 bits per heavy atom. The highest BCUT2D eigenvalue weighted by Crippen LogP contribution is 2.12. The number of aryl methyl sites for hydroxylation is 1. The summed E-state index contributed by atoms with van der Waals surface area (Å²) in [7, 11) is 1.64. The third-order valence-electron chi connectivity index (χ3n) is 3.53. The number of hydrogen-bond acceptors (Lipinski definition) is 4. The second-order valence-corrected chi connectivity index (χ2v) is 6.82. The molecule has 0 aliphatic rings. The molecule has 1 heterocycles. The Kier molecular flexibility index (Phi) is 7.40. The number of nitrogens with zero attached hydrogens (tertiary/aromatic N) is 2. The molecule has 7 heteroatoms. The molecule has 2 rings (SSSR count). The van der Waals surface area contributed by atoms with Crippen molar-refractivity contribution in [3.63, 3.8) is 0 Å². The first kappa shape index (κ1) is 18.9. The number of rotatable bonds is 7. The van der Waals surface area contributed by atoms with Crippen molar-refractivity contribution in [1.29, 1.82) is 0 Å². The van der Waals surface area contributed by atoms with Crippen LogP contribution in [0.1, 0.15) is 32.7 Å². The maximum Gasteiger partial charge on any atom is 0.251 e. The van der Waals surface area contributed by atoms with Crippen molar-refractivity contribution in [2.24, 2.45) is 4.99 Å². The lowest BCUT2D eigenvalue weighted by atomic mass is 10.1. The topological polar surface area (TPSA) is 78.4 Å². The average Bonchev–Trinajstić information content (AvgIpc) is 3.04. The molecule has 0 aliphatic heterocycles. The number of carbonyl (C=O) groups excluding carboxylic acids is 1. The molecule has 1 aromatic carbocycles. The van der Waals surface area contributed by atoms with Gasteiger partial charge in [-0.1, -0.05) is 12.1 Å². The normalized spacial score (nSPS) is 11.2. The van der Waals surface area contributed by atoms with Crippen LogP contribution in [-0.2, 0) is 13.0 Å². The van der Waals surface area contributed by atoms with E-state index in [0.29, 0.717) is 12.1 Å². The number of amides is 1. The van der Waals surface area contributed by atoms with Crippen molar-refractivity contribution in [2.45, 2.75) is 26.8 Å². The van der Waals surface area contributed by atoms with Crippen LogP contribution in [0.15, 0.2) is 35.5 Å². The number of aliphatic imine (C=N–C) groups is 1. The molecule has 0 saturated heterocycles. The molecule has 3 N–H and O–H groups in total. The number of thiazole rings is 1. The molecule has 134 valence electrons. The minimum atomic E-state index is -0.0652. The molecule has 2 aromatic rings. The molecule has 0 bridgehead atoms. The summed E-state index contributed by atoms with van der Waals surface area (Å²) in [5, 5.41) is 10.3. The minimum Gasteiger partial charge on any atom is -0.357 e. The molecule has 0 unspecified atom stereocenters. The Balaban J connectivity index is 1.89. The molecule has 0 atom stereocenters. The van der Waals surface area contributed by atoms with E-state index in [2.05, 4.69) is 25.9 Å².